The molecule has 4 heteroatoms. The Balaban J connectivity index is 3.12. The summed E-state index contributed by atoms with van der Waals surface area (Å²) < 4.78 is 1.98. The van der Waals surface area contributed by atoms with Crippen molar-refractivity contribution < 1.29 is 5.11 Å². The molecule has 0 aliphatic rings. The zero-order valence-electron chi connectivity index (χ0n) is 12.0. The minimum Gasteiger partial charge on any atom is -0.396 e. The van der Waals surface area contributed by atoms with Crippen LogP contribution >= 0.6 is 11.6 Å². The predicted molar refractivity (Wildman–Crippen MR) is 76.1 cm³/mol. The maximum absolute atomic E-state index is 9.68. The van der Waals surface area contributed by atoms with E-state index in [1.54, 1.807) is 0 Å². The van der Waals surface area contributed by atoms with Gasteiger partial charge in [0.25, 0.3) is 0 Å². The molecule has 0 aromatic carbocycles. The van der Waals surface area contributed by atoms with E-state index in [-0.39, 0.29) is 12.0 Å². The highest BCUT2D eigenvalue weighted by Gasteiger charge is 2.29. The average molecular weight is 273 g/mol. The van der Waals surface area contributed by atoms with Crippen molar-refractivity contribution in [3.05, 3.63) is 16.4 Å². The summed E-state index contributed by atoms with van der Waals surface area (Å²) in [6, 6.07) is 0. The van der Waals surface area contributed by atoms with Crippen molar-refractivity contribution in [1.29, 1.82) is 0 Å². The van der Waals surface area contributed by atoms with Gasteiger partial charge in [-0.25, -0.2) is 0 Å². The number of aliphatic hydroxyl groups excluding tert-OH is 1. The fourth-order valence-corrected chi connectivity index (χ4v) is 2.66. The summed E-state index contributed by atoms with van der Waals surface area (Å²) >= 11 is 6.42. The molecule has 1 aromatic heterocycles. The highest BCUT2D eigenvalue weighted by Crippen LogP contribution is 2.34. The van der Waals surface area contributed by atoms with E-state index in [4.69, 9.17) is 11.6 Å². The van der Waals surface area contributed by atoms with Crippen LogP contribution in [0.2, 0.25) is 5.02 Å². The maximum atomic E-state index is 9.68. The van der Waals surface area contributed by atoms with E-state index in [1.165, 1.54) is 0 Å². The van der Waals surface area contributed by atoms with Gasteiger partial charge in [0.05, 0.1) is 16.4 Å². The lowest BCUT2D eigenvalue weighted by Gasteiger charge is -2.29. The number of hydrogen-bond donors (Lipinski definition) is 1. The van der Waals surface area contributed by atoms with Crippen LogP contribution in [0.15, 0.2) is 0 Å². The molecular weight excluding hydrogens is 248 g/mol. The van der Waals surface area contributed by atoms with Crippen LogP contribution in [-0.2, 0) is 19.4 Å². The SMILES string of the molecule is CCc1nn(CC)c(CC(CC)(CC)CO)c1Cl. The summed E-state index contributed by atoms with van der Waals surface area (Å²) in [4.78, 5) is 0. The Morgan fingerprint density at radius 3 is 2.22 bits per heavy atom. The standard InChI is InChI=1S/C14H25ClN2O/c1-5-11-13(15)12(17(8-4)16-11)9-14(6-2,7-3)10-18/h18H,5-10H2,1-4H3. The van der Waals surface area contributed by atoms with Gasteiger partial charge in [0, 0.05) is 13.2 Å². The first-order valence-corrected chi connectivity index (χ1v) is 7.30. The molecule has 3 nitrogen and oxygen atoms in total. The Morgan fingerprint density at radius 1 is 1.22 bits per heavy atom. The van der Waals surface area contributed by atoms with Crippen molar-refractivity contribution in [2.24, 2.45) is 5.41 Å². The number of aryl methyl sites for hydroxylation is 2. The smallest absolute Gasteiger partial charge is 0.0850 e. The van der Waals surface area contributed by atoms with Crippen molar-refractivity contribution in [1.82, 2.24) is 9.78 Å². The van der Waals surface area contributed by atoms with E-state index in [2.05, 4.69) is 32.8 Å². The van der Waals surface area contributed by atoms with Gasteiger partial charge >= 0.3 is 0 Å². The molecule has 1 heterocycles. The molecule has 1 rings (SSSR count). The Kier molecular flexibility index (Phi) is 5.67. The van der Waals surface area contributed by atoms with Crippen LogP contribution in [0.1, 0.15) is 51.9 Å². The third-order valence-corrected chi connectivity index (χ3v) is 4.51. The summed E-state index contributed by atoms with van der Waals surface area (Å²) in [5.74, 6) is 0. The summed E-state index contributed by atoms with van der Waals surface area (Å²) in [5, 5.41) is 15.0. The monoisotopic (exact) mass is 272 g/mol. The van der Waals surface area contributed by atoms with Crippen LogP contribution in [0, 0.1) is 5.41 Å². The molecule has 1 N–H and O–H groups in total. The lowest BCUT2D eigenvalue weighted by atomic mass is 9.79. The summed E-state index contributed by atoms with van der Waals surface area (Å²) in [7, 11) is 0. The van der Waals surface area contributed by atoms with E-state index in [1.807, 2.05) is 4.68 Å². The highest BCUT2D eigenvalue weighted by molar-refractivity contribution is 6.31. The summed E-state index contributed by atoms with van der Waals surface area (Å²) in [6.45, 7) is 9.42. The van der Waals surface area contributed by atoms with Crippen LogP contribution in [-0.4, -0.2) is 21.5 Å². The molecule has 0 unspecified atom stereocenters. The number of rotatable bonds is 7. The minimum absolute atomic E-state index is 0.0679. The fourth-order valence-electron chi connectivity index (χ4n) is 2.32. The zero-order valence-corrected chi connectivity index (χ0v) is 12.7. The molecule has 0 saturated carbocycles. The third kappa shape index (κ3) is 2.89. The second-order valence-electron chi connectivity index (χ2n) is 4.92. The van der Waals surface area contributed by atoms with Gasteiger partial charge in [0.2, 0.25) is 0 Å². The van der Waals surface area contributed by atoms with Gasteiger partial charge in [-0.2, -0.15) is 5.10 Å². The van der Waals surface area contributed by atoms with E-state index < -0.39 is 0 Å². The maximum Gasteiger partial charge on any atom is 0.0850 e. The number of halogens is 1. The number of aromatic nitrogens is 2. The van der Waals surface area contributed by atoms with Gasteiger partial charge in [0.1, 0.15) is 0 Å². The molecule has 18 heavy (non-hydrogen) atoms. The van der Waals surface area contributed by atoms with Gasteiger partial charge in [0.15, 0.2) is 0 Å². The van der Waals surface area contributed by atoms with Gasteiger partial charge in [-0.05, 0) is 38.0 Å². The second-order valence-corrected chi connectivity index (χ2v) is 5.30. The van der Waals surface area contributed by atoms with Crippen molar-refractivity contribution in [2.75, 3.05) is 6.61 Å². The Hall–Kier alpha value is -0.540. The lowest BCUT2D eigenvalue weighted by molar-refractivity contribution is 0.112. The summed E-state index contributed by atoms with van der Waals surface area (Å²) in [5.41, 5.74) is 1.98. The number of nitrogens with zero attached hydrogens (tertiary/aromatic N) is 2. The molecule has 0 saturated heterocycles. The third-order valence-electron chi connectivity index (χ3n) is 4.07. The van der Waals surface area contributed by atoms with Gasteiger partial charge in [-0.15, -0.1) is 0 Å². The van der Waals surface area contributed by atoms with E-state index in [0.29, 0.717) is 0 Å². The quantitative estimate of drug-likeness (QED) is 0.825. The first-order chi connectivity index (χ1) is 8.57. The van der Waals surface area contributed by atoms with Gasteiger partial charge in [-0.1, -0.05) is 32.4 Å². The van der Waals surface area contributed by atoms with Crippen molar-refractivity contribution in [3.63, 3.8) is 0 Å². The topological polar surface area (TPSA) is 38.0 Å². The minimum atomic E-state index is -0.0679. The van der Waals surface area contributed by atoms with Crippen LogP contribution in [0.5, 0.6) is 0 Å². The lowest BCUT2D eigenvalue weighted by Crippen LogP contribution is -2.28. The molecule has 0 spiro atoms. The molecule has 104 valence electrons. The fraction of sp³-hybridized carbons (Fsp3) is 0.786. The molecule has 0 atom stereocenters. The average Bonchev–Trinajstić information content (AvgIpc) is 2.72. The van der Waals surface area contributed by atoms with Gasteiger partial charge in [-0.3, -0.25) is 4.68 Å². The molecule has 0 aliphatic carbocycles. The molecule has 0 bridgehead atoms. The highest BCUT2D eigenvalue weighted by atomic mass is 35.5. The van der Waals surface area contributed by atoms with E-state index in [0.717, 1.165) is 48.6 Å². The van der Waals surface area contributed by atoms with Crippen LogP contribution < -0.4 is 0 Å². The largest absolute Gasteiger partial charge is 0.396 e. The number of hydrogen-bond acceptors (Lipinski definition) is 2. The van der Waals surface area contributed by atoms with Crippen LogP contribution in [0.4, 0.5) is 0 Å². The molecule has 0 amide bonds. The van der Waals surface area contributed by atoms with Crippen molar-refractivity contribution in [2.45, 2.75) is 59.9 Å². The van der Waals surface area contributed by atoms with Crippen molar-refractivity contribution >= 4 is 11.6 Å². The molecule has 0 fully saturated rings. The first-order valence-electron chi connectivity index (χ1n) is 6.92. The van der Waals surface area contributed by atoms with Crippen LogP contribution in [0.3, 0.4) is 0 Å². The second kappa shape index (κ2) is 6.58. The van der Waals surface area contributed by atoms with Crippen LogP contribution in [0.25, 0.3) is 0 Å². The zero-order chi connectivity index (χ0) is 13.8. The molecule has 0 aliphatic heterocycles. The Bertz CT molecular complexity index is 375. The first kappa shape index (κ1) is 15.5. The number of aliphatic hydroxyl groups is 1. The molecular formula is C14H25ClN2O. The van der Waals surface area contributed by atoms with E-state index >= 15 is 0 Å². The molecule has 1 aromatic rings. The predicted octanol–water partition coefficient (Wildman–Crippen LogP) is 3.46. The summed E-state index contributed by atoms with van der Waals surface area (Å²) in [6.07, 6.45) is 3.55. The van der Waals surface area contributed by atoms with E-state index in [9.17, 15) is 5.11 Å². The van der Waals surface area contributed by atoms with Crippen molar-refractivity contribution in [3.8, 4) is 0 Å². The van der Waals surface area contributed by atoms with Gasteiger partial charge < -0.3 is 5.11 Å². The Morgan fingerprint density at radius 2 is 1.83 bits per heavy atom. The normalized spacial score (nSPS) is 12.1. The Labute approximate surface area is 115 Å². The molecule has 0 radical (unpaired) electrons.